The first-order chi connectivity index (χ1) is 17.7. The van der Waals surface area contributed by atoms with Crippen LogP contribution in [-0.4, -0.2) is 44.1 Å². The molecule has 0 saturated carbocycles. The molecule has 1 aliphatic rings. The van der Waals surface area contributed by atoms with Gasteiger partial charge in [0.25, 0.3) is 0 Å². The van der Waals surface area contributed by atoms with E-state index in [1.54, 1.807) is 24.3 Å². The molecule has 1 fully saturated rings. The maximum Gasteiger partial charge on any atom is 0.243 e. The zero-order valence-electron chi connectivity index (χ0n) is 21.4. The van der Waals surface area contributed by atoms with Crippen LogP contribution in [0.5, 0.6) is 11.5 Å². The first-order valence-corrected chi connectivity index (χ1v) is 14.2. The molecule has 0 bridgehead atoms. The molecule has 37 heavy (non-hydrogen) atoms. The third-order valence-corrected chi connectivity index (χ3v) is 8.70. The van der Waals surface area contributed by atoms with E-state index in [1.807, 2.05) is 36.4 Å². The summed E-state index contributed by atoms with van der Waals surface area (Å²) < 4.78 is 38.2. The largest absolute Gasteiger partial charge is 0.457 e. The summed E-state index contributed by atoms with van der Waals surface area (Å²) in [6.07, 6.45) is 1.07. The average molecular weight is 540 g/mol. The molecular weight excluding hydrogens is 506 g/mol. The fraction of sp³-hybridized carbons (Fsp3) is 0.321. The Bertz CT molecular complexity index is 1300. The van der Waals surface area contributed by atoms with Crippen molar-refractivity contribution < 1.29 is 17.9 Å². The second kappa shape index (κ2) is 11.6. The first-order valence-electron chi connectivity index (χ1n) is 12.3. The van der Waals surface area contributed by atoms with E-state index in [1.165, 1.54) is 9.87 Å². The standard InChI is InChI=1S/C28H33N3O4S2/c1-4-28(2,3)21-5-11-24(12-6-21)35-25-13-7-22(8-14-25)29-27(36)30-23-9-15-26(16-10-23)37(32,33)31-17-19-34-20-18-31/h5-16H,4,17-20H2,1-3H3,(H2,29,30,36). The predicted octanol–water partition coefficient (Wildman–Crippen LogP) is 6.00. The van der Waals surface area contributed by atoms with Gasteiger partial charge in [0.05, 0.1) is 18.1 Å². The summed E-state index contributed by atoms with van der Waals surface area (Å²) in [4.78, 5) is 0.248. The highest BCUT2D eigenvalue weighted by atomic mass is 32.2. The minimum atomic E-state index is -3.53. The van der Waals surface area contributed by atoms with Gasteiger partial charge in [0.2, 0.25) is 10.0 Å². The summed E-state index contributed by atoms with van der Waals surface area (Å²) in [7, 11) is -3.53. The van der Waals surface area contributed by atoms with Gasteiger partial charge in [-0.05, 0) is 90.3 Å². The van der Waals surface area contributed by atoms with E-state index in [9.17, 15) is 8.42 Å². The maximum absolute atomic E-state index is 12.8. The van der Waals surface area contributed by atoms with Crippen molar-refractivity contribution in [2.24, 2.45) is 0 Å². The molecule has 1 heterocycles. The van der Waals surface area contributed by atoms with Crippen molar-refractivity contribution in [3.05, 3.63) is 78.4 Å². The van der Waals surface area contributed by atoms with Crippen molar-refractivity contribution in [1.29, 1.82) is 0 Å². The molecule has 0 aliphatic carbocycles. The number of rotatable bonds is 8. The number of nitrogens with zero attached hydrogens (tertiary/aromatic N) is 1. The Kier molecular flexibility index (Phi) is 8.49. The van der Waals surface area contributed by atoms with Gasteiger partial charge in [-0.3, -0.25) is 0 Å². The summed E-state index contributed by atoms with van der Waals surface area (Å²) in [5, 5.41) is 6.61. The van der Waals surface area contributed by atoms with Gasteiger partial charge in [-0.25, -0.2) is 8.42 Å². The van der Waals surface area contributed by atoms with Crippen molar-refractivity contribution in [3.63, 3.8) is 0 Å². The van der Waals surface area contributed by atoms with E-state index in [-0.39, 0.29) is 10.3 Å². The summed E-state index contributed by atoms with van der Waals surface area (Å²) >= 11 is 5.42. The van der Waals surface area contributed by atoms with E-state index in [0.29, 0.717) is 37.1 Å². The number of nitrogens with one attached hydrogen (secondary N) is 2. The molecule has 0 unspecified atom stereocenters. The predicted molar refractivity (Wildman–Crippen MR) is 152 cm³/mol. The highest BCUT2D eigenvalue weighted by molar-refractivity contribution is 7.89. The fourth-order valence-corrected chi connectivity index (χ4v) is 5.50. The van der Waals surface area contributed by atoms with Crippen molar-refractivity contribution in [3.8, 4) is 11.5 Å². The number of hydrogen-bond acceptors (Lipinski definition) is 5. The van der Waals surface area contributed by atoms with Crippen LogP contribution in [0.1, 0.15) is 32.8 Å². The minimum Gasteiger partial charge on any atom is -0.457 e. The molecule has 0 amide bonds. The van der Waals surface area contributed by atoms with E-state index in [4.69, 9.17) is 21.7 Å². The van der Waals surface area contributed by atoms with Crippen LogP contribution in [0.25, 0.3) is 0 Å². The van der Waals surface area contributed by atoms with E-state index < -0.39 is 10.0 Å². The zero-order valence-corrected chi connectivity index (χ0v) is 23.0. The van der Waals surface area contributed by atoms with Gasteiger partial charge in [0.1, 0.15) is 11.5 Å². The lowest BCUT2D eigenvalue weighted by Gasteiger charge is -2.26. The van der Waals surface area contributed by atoms with Gasteiger partial charge in [0.15, 0.2) is 5.11 Å². The Morgan fingerprint density at radius 1 is 0.892 bits per heavy atom. The van der Waals surface area contributed by atoms with E-state index in [0.717, 1.165) is 23.6 Å². The van der Waals surface area contributed by atoms with Gasteiger partial charge < -0.3 is 20.1 Å². The Balaban J connectivity index is 1.31. The molecule has 0 spiro atoms. The number of morpholine rings is 1. The van der Waals surface area contributed by atoms with Crippen LogP contribution in [0.4, 0.5) is 11.4 Å². The molecule has 0 aromatic heterocycles. The lowest BCUT2D eigenvalue weighted by molar-refractivity contribution is 0.0730. The average Bonchev–Trinajstić information content (AvgIpc) is 2.91. The van der Waals surface area contributed by atoms with Crippen LogP contribution in [0.15, 0.2) is 77.7 Å². The van der Waals surface area contributed by atoms with Crippen LogP contribution in [0.2, 0.25) is 0 Å². The van der Waals surface area contributed by atoms with Crippen molar-refractivity contribution in [1.82, 2.24) is 4.31 Å². The van der Waals surface area contributed by atoms with Gasteiger partial charge in [-0.15, -0.1) is 0 Å². The number of ether oxygens (including phenoxy) is 2. The van der Waals surface area contributed by atoms with Crippen LogP contribution in [0, 0.1) is 0 Å². The molecule has 4 rings (SSSR count). The molecule has 3 aromatic rings. The molecule has 3 aromatic carbocycles. The molecular formula is C28H33N3O4S2. The molecule has 2 N–H and O–H groups in total. The monoisotopic (exact) mass is 539 g/mol. The topological polar surface area (TPSA) is 79.9 Å². The Hall–Kier alpha value is -2.98. The second-order valence-electron chi connectivity index (χ2n) is 9.51. The summed E-state index contributed by atoms with van der Waals surface area (Å²) in [5.41, 5.74) is 2.92. The summed E-state index contributed by atoms with van der Waals surface area (Å²) in [5.74, 6) is 1.51. The van der Waals surface area contributed by atoms with Gasteiger partial charge >= 0.3 is 0 Å². The minimum absolute atomic E-state index is 0.140. The van der Waals surface area contributed by atoms with Crippen molar-refractivity contribution in [2.75, 3.05) is 36.9 Å². The number of anilines is 2. The van der Waals surface area contributed by atoms with Gasteiger partial charge in [-0.1, -0.05) is 32.9 Å². The number of thiocarbonyl (C=S) groups is 1. The van der Waals surface area contributed by atoms with Crippen molar-refractivity contribution >= 4 is 38.7 Å². The molecule has 9 heteroatoms. The third-order valence-electron chi connectivity index (χ3n) is 6.59. The van der Waals surface area contributed by atoms with Crippen LogP contribution in [0.3, 0.4) is 0 Å². The lowest BCUT2D eigenvalue weighted by Crippen LogP contribution is -2.40. The quantitative estimate of drug-likeness (QED) is 0.340. The van der Waals surface area contributed by atoms with Crippen LogP contribution in [-0.2, 0) is 20.2 Å². The zero-order chi connectivity index (χ0) is 26.5. The molecule has 0 radical (unpaired) electrons. The van der Waals surface area contributed by atoms with Crippen molar-refractivity contribution in [2.45, 2.75) is 37.5 Å². The van der Waals surface area contributed by atoms with E-state index in [2.05, 4.69) is 43.5 Å². The number of hydrogen-bond donors (Lipinski definition) is 2. The van der Waals surface area contributed by atoms with Gasteiger partial charge in [-0.2, -0.15) is 4.31 Å². The van der Waals surface area contributed by atoms with Crippen LogP contribution < -0.4 is 15.4 Å². The molecule has 196 valence electrons. The highest BCUT2D eigenvalue weighted by Gasteiger charge is 2.26. The maximum atomic E-state index is 12.8. The summed E-state index contributed by atoms with van der Waals surface area (Å²) in [6.45, 7) is 8.22. The highest BCUT2D eigenvalue weighted by Crippen LogP contribution is 2.30. The Morgan fingerprint density at radius 3 is 1.89 bits per heavy atom. The lowest BCUT2D eigenvalue weighted by atomic mass is 9.82. The normalized spacial score (nSPS) is 14.7. The Labute approximate surface area is 224 Å². The number of benzene rings is 3. The van der Waals surface area contributed by atoms with Crippen LogP contribution >= 0.6 is 12.2 Å². The molecule has 1 saturated heterocycles. The Morgan fingerprint density at radius 2 is 1.38 bits per heavy atom. The summed E-state index contributed by atoms with van der Waals surface area (Å²) in [6, 6.07) is 22.3. The van der Waals surface area contributed by atoms with Gasteiger partial charge in [0, 0.05) is 24.5 Å². The molecule has 1 aliphatic heterocycles. The number of sulfonamides is 1. The third kappa shape index (κ3) is 6.87. The molecule has 7 nitrogen and oxygen atoms in total. The fourth-order valence-electron chi connectivity index (χ4n) is 3.86. The molecule has 0 atom stereocenters. The first kappa shape index (κ1) is 27.1. The van der Waals surface area contributed by atoms with E-state index >= 15 is 0 Å². The smallest absolute Gasteiger partial charge is 0.243 e. The SMILES string of the molecule is CCC(C)(C)c1ccc(Oc2ccc(NC(=S)Nc3ccc(S(=O)(=O)N4CCOCC4)cc3)cc2)cc1. The second-order valence-corrected chi connectivity index (χ2v) is 11.9.